The Hall–Kier alpha value is -0.0800. The summed E-state index contributed by atoms with van der Waals surface area (Å²) in [4.78, 5) is 0. The average Bonchev–Trinajstić information content (AvgIpc) is 2.22. The second kappa shape index (κ2) is 8.25. The third kappa shape index (κ3) is 6.39. The van der Waals surface area contributed by atoms with Crippen LogP contribution in [0.15, 0.2) is 0 Å². The normalized spacial score (nSPS) is 15.4. The van der Waals surface area contributed by atoms with Crippen LogP contribution >= 0.6 is 0 Å². The van der Waals surface area contributed by atoms with Crippen molar-refractivity contribution < 1.29 is 9.47 Å². The highest BCUT2D eigenvalue weighted by atomic mass is 16.5. The molecule has 0 aromatic heterocycles. The lowest BCUT2D eigenvalue weighted by atomic mass is 9.96. The maximum atomic E-state index is 5.86. The fourth-order valence-electron chi connectivity index (χ4n) is 1.39. The maximum absolute atomic E-state index is 5.86. The Labute approximate surface area is 89.0 Å². The van der Waals surface area contributed by atoms with E-state index in [2.05, 4.69) is 20.8 Å². The van der Waals surface area contributed by atoms with Gasteiger partial charge in [-0.2, -0.15) is 0 Å². The van der Waals surface area contributed by atoms with E-state index in [0.717, 1.165) is 32.7 Å². The van der Waals surface area contributed by atoms with Crippen molar-refractivity contribution in [2.45, 2.75) is 59.0 Å². The minimum atomic E-state index is 0.0626. The number of hydrogen-bond acceptors (Lipinski definition) is 2. The third-order valence-corrected chi connectivity index (χ3v) is 2.69. The van der Waals surface area contributed by atoms with Crippen molar-refractivity contribution in [1.29, 1.82) is 0 Å². The molecular formula is C12H26O2. The van der Waals surface area contributed by atoms with E-state index in [9.17, 15) is 0 Å². The van der Waals surface area contributed by atoms with Crippen molar-refractivity contribution in [3.8, 4) is 0 Å². The van der Waals surface area contributed by atoms with Gasteiger partial charge in [-0.1, -0.05) is 26.7 Å². The Bertz CT molecular complexity index is 125. The minimum Gasteiger partial charge on any atom is -0.379 e. The van der Waals surface area contributed by atoms with Crippen LogP contribution in [0, 0.1) is 0 Å². The lowest BCUT2D eigenvalue weighted by Crippen LogP contribution is -2.29. The SMILES string of the molecule is CCCCC(C)(CC)OCCOCC. The molecule has 0 rings (SSSR count). The first-order valence-corrected chi connectivity index (χ1v) is 5.90. The largest absolute Gasteiger partial charge is 0.379 e. The Balaban J connectivity index is 3.63. The molecule has 0 spiro atoms. The quantitative estimate of drug-likeness (QED) is 0.533. The number of rotatable bonds is 9. The molecule has 0 aliphatic heterocycles. The third-order valence-electron chi connectivity index (χ3n) is 2.69. The van der Waals surface area contributed by atoms with Gasteiger partial charge < -0.3 is 9.47 Å². The summed E-state index contributed by atoms with van der Waals surface area (Å²) in [6.07, 6.45) is 4.73. The van der Waals surface area contributed by atoms with Gasteiger partial charge in [0.05, 0.1) is 18.8 Å². The molecule has 14 heavy (non-hydrogen) atoms. The zero-order valence-corrected chi connectivity index (χ0v) is 10.3. The molecule has 1 unspecified atom stereocenters. The van der Waals surface area contributed by atoms with Crippen LogP contribution in [0.1, 0.15) is 53.4 Å². The van der Waals surface area contributed by atoms with Crippen LogP contribution in [-0.4, -0.2) is 25.4 Å². The predicted octanol–water partition coefficient (Wildman–Crippen LogP) is 3.40. The van der Waals surface area contributed by atoms with Crippen LogP contribution in [0.4, 0.5) is 0 Å². The molecule has 86 valence electrons. The molecule has 2 nitrogen and oxygen atoms in total. The summed E-state index contributed by atoms with van der Waals surface area (Å²) in [6, 6.07) is 0. The Morgan fingerprint density at radius 1 is 1.07 bits per heavy atom. The van der Waals surface area contributed by atoms with Crippen molar-refractivity contribution >= 4 is 0 Å². The number of ether oxygens (including phenoxy) is 2. The van der Waals surface area contributed by atoms with Gasteiger partial charge in [0, 0.05) is 6.61 Å². The van der Waals surface area contributed by atoms with Gasteiger partial charge in [-0.3, -0.25) is 0 Å². The summed E-state index contributed by atoms with van der Waals surface area (Å²) in [5.74, 6) is 0. The highest BCUT2D eigenvalue weighted by Gasteiger charge is 2.21. The van der Waals surface area contributed by atoms with E-state index in [1.165, 1.54) is 12.8 Å². The first-order chi connectivity index (χ1) is 6.68. The molecular weight excluding hydrogens is 176 g/mol. The van der Waals surface area contributed by atoms with Gasteiger partial charge in [-0.15, -0.1) is 0 Å². The molecule has 0 saturated heterocycles. The minimum absolute atomic E-state index is 0.0626. The molecule has 0 aromatic carbocycles. The van der Waals surface area contributed by atoms with Gasteiger partial charge in [0.1, 0.15) is 0 Å². The Morgan fingerprint density at radius 2 is 1.79 bits per heavy atom. The van der Waals surface area contributed by atoms with E-state index < -0.39 is 0 Å². The van der Waals surface area contributed by atoms with E-state index in [1.807, 2.05) is 6.92 Å². The Morgan fingerprint density at radius 3 is 2.29 bits per heavy atom. The highest BCUT2D eigenvalue weighted by molar-refractivity contribution is 4.72. The first kappa shape index (κ1) is 13.9. The van der Waals surface area contributed by atoms with Crippen LogP contribution in [-0.2, 0) is 9.47 Å². The van der Waals surface area contributed by atoms with E-state index in [0.29, 0.717) is 0 Å². The number of hydrogen-bond donors (Lipinski definition) is 0. The first-order valence-electron chi connectivity index (χ1n) is 5.90. The van der Waals surface area contributed by atoms with Crippen LogP contribution in [0.25, 0.3) is 0 Å². The summed E-state index contributed by atoms with van der Waals surface area (Å²) < 4.78 is 11.1. The zero-order chi connectivity index (χ0) is 10.9. The molecule has 0 N–H and O–H groups in total. The Kier molecular flexibility index (Phi) is 8.20. The zero-order valence-electron chi connectivity index (χ0n) is 10.3. The van der Waals surface area contributed by atoms with Crippen LogP contribution in [0.2, 0.25) is 0 Å². The standard InChI is InChI=1S/C12H26O2/c1-5-8-9-12(4,6-2)14-11-10-13-7-3/h5-11H2,1-4H3. The van der Waals surface area contributed by atoms with Gasteiger partial charge in [0.25, 0.3) is 0 Å². The second-order valence-electron chi connectivity index (χ2n) is 3.95. The summed E-state index contributed by atoms with van der Waals surface area (Å²) >= 11 is 0. The van der Waals surface area contributed by atoms with E-state index >= 15 is 0 Å². The molecule has 0 aliphatic rings. The highest BCUT2D eigenvalue weighted by Crippen LogP contribution is 2.22. The smallest absolute Gasteiger partial charge is 0.0707 e. The van der Waals surface area contributed by atoms with Gasteiger partial charge in [0.15, 0.2) is 0 Å². The van der Waals surface area contributed by atoms with Crippen LogP contribution in [0.5, 0.6) is 0 Å². The topological polar surface area (TPSA) is 18.5 Å². The molecule has 2 heteroatoms. The summed E-state index contributed by atoms with van der Waals surface area (Å²) in [5.41, 5.74) is 0.0626. The maximum Gasteiger partial charge on any atom is 0.0707 e. The van der Waals surface area contributed by atoms with Gasteiger partial charge >= 0.3 is 0 Å². The molecule has 0 fully saturated rings. The van der Waals surface area contributed by atoms with Crippen molar-refractivity contribution in [3.05, 3.63) is 0 Å². The molecule has 0 radical (unpaired) electrons. The molecule has 1 atom stereocenters. The van der Waals surface area contributed by atoms with Crippen molar-refractivity contribution in [1.82, 2.24) is 0 Å². The van der Waals surface area contributed by atoms with E-state index in [4.69, 9.17) is 9.47 Å². The van der Waals surface area contributed by atoms with Gasteiger partial charge in [0.2, 0.25) is 0 Å². The van der Waals surface area contributed by atoms with E-state index in [-0.39, 0.29) is 5.60 Å². The fourth-order valence-corrected chi connectivity index (χ4v) is 1.39. The van der Waals surface area contributed by atoms with Gasteiger partial charge in [-0.05, 0) is 26.7 Å². The molecule has 0 amide bonds. The lowest BCUT2D eigenvalue weighted by molar-refractivity contribution is -0.0634. The van der Waals surface area contributed by atoms with Crippen molar-refractivity contribution in [3.63, 3.8) is 0 Å². The van der Waals surface area contributed by atoms with Crippen molar-refractivity contribution in [2.24, 2.45) is 0 Å². The average molecular weight is 202 g/mol. The lowest BCUT2D eigenvalue weighted by Gasteiger charge is -2.28. The summed E-state index contributed by atoms with van der Waals surface area (Å²) in [6.45, 7) is 10.8. The van der Waals surface area contributed by atoms with Gasteiger partial charge in [-0.25, -0.2) is 0 Å². The monoisotopic (exact) mass is 202 g/mol. The molecule has 0 aliphatic carbocycles. The van der Waals surface area contributed by atoms with Crippen molar-refractivity contribution in [2.75, 3.05) is 19.8 Å². The second-order valence-corrected chi connectivity index (χ2v) is 3.95. The predicted molar refractivity (Wildman–Crippen MR) is 60.7 cm³/mol. The molecule has 0 aromatic rings. The van der Waals surface area contributed by atoms with Crippen LogP contribution in [0.3, 0.4) is 0 Å². The molecule has 0 saturated carbocycles. The van der Waals surface area contributed by atoms with E-state index in [1.54, 1.807) is 0 Å². The molecule has 0 heterocycles. The molecule has 0 bridgehead atoms. The summed E-state index contributed by atoms with van der Waals surface area (Å²) in [5, 5.41) is 0. The van der Waals surface area contributed by atoms with Crippen LogP contribution < -0.4 is 0 Å². The number of unbranched alkanes of at least 4 members (excludes halogenated alkanes) is 1. The summed E-state index contributed by atoms with van der Waals surface area (Å²) in [7, 11) is 0. The fraction of sp³-hybridized carbons (Fsp3) is 1.00.